The summed E-state index contributed by atoms with van der Waals surface area (Å²) in [4.78, 5) is 4.81. The Bertz CT molecular complexity index is 746. The molecule has 6 heteroatoms. The van der Waals surface area contributed by atoms with Gasteiger partial charge in [-0.1, -0.05) is 12.1 Å². The van der Waals surface area contributed by atoms with Crippen molar-refractivity contribution < 1.29 is 19.7 Å². The molecule has 2 aromatic rings. The van der Waals surface area contributed by atoms with Gasteiger partial charge in [-0.25, -0.2) is 0 Å². The second kappa shape index (κ2) is 9.78. The van der Waals surface area contributed by atoms with Crippen LogP contribution < -0.4 is 9.47 Å². The Labute approximate surface area is 166 Å². The zero-order chi connectivity index (χ0) is 19.9. The van der Waals surface area contributed by atoms with Gasteiger partial charge < -0.3 is 19.7 Å². The normalized spacial score (nSPS) is 18.2. The van der Waals surface area contributed by atoms with Gasteiger partial charge in [0.2, 0.25) is 0 Å². The number of benzene rings is 2. The molecule has 28 heavy (non-hydrogen) atoms. The number of methoxy groups -OCH3 is 2. The van der Waals surface area contributed by atoms with Crippen molar-refractivity contribution in [1.29, 1.82) is 0 Å². The fraction of sp³-hybridized carbons (Fsp3) is 0.455. The van der Waals surface area contributed by atoms with E-state index in [1.165, 1.54) is 0 Å². The van der Waals surface area contributed by atoms with E-state index in [0.717, 1.165) is 61.8 Å². The summed E-state index contributed by atoms with van der Waals surface area (Å²) in [6.07, 6.45) is 0.734. The monoisotopic (exact) mass is 386 g/mol. The Morgan fingerprint density at radius 3 is 2.36 bits per heavy atom. The maximum atomic E-state index is 9.69. The van der Waals surface area contributed by atoms with Crippen molar-refractivity contribution in [3.8, 4) is 17.2 Å². The molecular weight excluding hydrogens is 356 g/mol. The van der Waals surface area contributed by atoms with Gasteiger partial charge in [-0.2, -0.15) is 0 Å². The van der Waals surface area contributed by atoms with Gasteiger partial charge in [0, 0.05) is 51.4 Å². The van der Waals surface area contributed by atoms with E-state index in [4.69, 9.17) is 9.47 Å². The molecule has 1 heterocycles. The molecule has 0 aliphatic carbocycles. The number of aromatic hydroxyl groups is 1. The van der Waals surface area contributed by atoms with E-state index in [1.807, 2.05) is 36.4 Å². The summed E-state index contributed by atoms with van der Waals surface area (Å²) in [6.45, 7) is 4.51. The smallest absolute Gasteiger partial charge is 0.122 e. The number of rotatable bonds is 8. The van der Waals surface area contributed by atoms with E-state index >= 15 is 0 Å². The fourth-order valence-corrected chi connectivity index (χ4v) is 3.84. The van der Waals surface area contributed by atoms with Gasteiger partial charge in [0.05, 0.1) is 14.2 Å². The third-order valence-corrected chi connectivity index (χ3v) is 5.26. The zero-order valence-corrected chi connectivity index (χ0v) is 16.7. The molecule has 0 radical (unpaired) electrons. The lowest BCUT2D eigenvalue weighted by Gasteiger charge is -2.41. The van der Waals surface area contributed by atoms with Crippen LogP contribution in [0.15, 0.2) is 42.5 Å². The van der Waals surface area contributed by atoms with Crippen LogP contribution >= 0.6 is 0 Å². The summed E-state index contributed by atoms with van der Waals surface area (Å²) in [5, 5.41) is 19.3. The van der Waals surface area contributed by atoms with E-state index in [9.17, 15) is 10.2 Å². The van der Waals surface area contributed by atoms with Crippen molar-refractivity contribution >= 4 is 0 Å². The molecular formula is C22H30N2O4. The van der Waals surface area contributed by atoms with Crippen LogP contribution in [0.3, 0.4) is 0 Å². The molecule has 2 N–H and O–H groups in total. The number of aliphatic hydroxyl groups excluding tert-OH is 1. The lowest BCUT2D eigenvalue weighted by molar-refractivity contribution is 0.0499. The molecule has 152 valence electrons. The Kier molecular flexibility index (Phi) is 7.14. The van der Waals surface area contributed by atoms with Crippen LogP contribution in [-0.2, 0) is 13.1 Å². The first kappa shape index (κ1) is 20.5. The van der Waals surface area contributed by atoms with Gasteiger partial charge in [0.15, 0.2) is 0 Å². The Hall–Kier alpha value is -2.28. The lowest BCUT2D eigenvalue weighted by Crippen LogP contribution is -2.52. The second-order valence-corrected chi connectivity index (χ2v) is 7.26. The van der Waals surface area contributed by atoms with E-state index < -0.39 is 0 Å². The Morgan fingerprint density at radius 2 is 1.71 bits per heavy atom. The molecule has 0 unspecified atom stereocenters. The fourth-order valence-electron chi connectivity index (χ4n) is 3.84. The van der Waals surface area contributed by atoms with Gasteiger partial charge in [-0.3, -0.25) is 9.80 Å². The predicted molar refractivity (Wildman–Crippen MR) is 109 cm³/mol. The van der Waals surface area contributed by atoms with Crippen molar-refractivity contribution in [3.05, 3.63) is 53.6 Å². The van der Waals surface area contributed by atoms with Crippen molar-refractivity contribution in [3.63, 3.8) is 0 Å². The lowest BCUT2D eigenvalue weighted by atomic mass is 10.1. The van der Waals surface area contributed by atoms with Crippen LogP contribution in [0.2, 0.25) is 0 Å². The molecule has 1 saturated heterocycles. The van der Waals surface area contributed by atoms with Crippen LogP contribution in [0.1, 0.15) is 17.5 Å². The topological polar surface area (TPSA) is 65.4 Å². The molecule has 0 bridgehead atoms. The summed E-state index contributed by atoms with van der Waals surface area (Å²) in [7, 11) is 3.32. The minimum Gasteiger partial charge on any atom is -0.508 e. The molecule has 0 spiro atoms. The summed E-state index contributed by atoms with van der Waals surface area (Å²) < 4.78 is 10.8. The Balaban J connectivity index is 1.67. The predicted octanol–water partition coefficient (Wildman–Crippen LogP) is 2.48. The van der Waals surface area contributed by atoms with E-state index in [1.54, 1.807) is 20.3 Å². The maximum absolute atomic E-state index is 9.69. The highest BCUT2D eigenvalue weighted by atomic mass is 16.5. The number of phenols is 1. The maximum Gasteiger partial charge on any atom is 0.122 e. The molecule has 1 atom stereocenters. The average molecular weight is 386 g/mol. The van der Waals surface area contributed by atoms with Crippen molar-refractivity contribution in [1.82, 2.24) is 9.80 Å². The summed E-state index contributed by atoms with van der Waals surface area (Å²) >= 11 is 0. The van der Waals surface area contributed by atoms with Crippen molar-refractivity contribution in [2.45, 2.75) is 25.6 Å². The molecule has 0 saturated carbocycles. The minimum atomic E-state index is 0.169. The van der Waals surface area contributed by atoms with Crippen LogP contribution in [0.25, 0.3) is 0 Å². The highest BCUT2D eigenvalue weighted by molar-refractivity contribution is 5.38. The van der Waals surface area contributed by atoms with Crippen molar-refractivity contribution in [2.75, 3.05) is 40.5 Å². The highest BCUT2D eigenvalue weighted by Gasteiger charge is 2.27. The second-order valence-electron chi connectivity index (χ2n) is 7.26. The summed E-state index contributed by atoms with van der Waals surface area (Å²) in [6, 6.07) is 13.7. The first-order valence-corrected chi connectivity index (χ1v) is 9.68. The highest BCUT2D eigenvalue weighted by Crippen LogP contribution is 2.25. The Morgan fingerprint density at radius 1 is 0.964 bits per heavy atom. The number of nitrogens with zero attached hydrogens (tertiary/aromatic N) is 2. The minimum absolute atomic E-state index is 0.169. The molecule has 1 aliphatic heterocycles. The molecule has 0 aromatic heterocycles. The van der Waals surface area contributed by atoms with Crippen LogP contribution in [0, 0.1) is 0 Å². The van der Waals surface area contributed by atoms with Gasteiger partial charge >= 0.3 is 0 Å². The van der Waals surface area contributed by atoms with Crippen LogP contribution in [-0.4, -0.2) is 66.5 Å². The average Bonchev–Trinajstić information content (AvgIpc) is 2.70. The van der Waals surface area contributed by atoms with Crippen LogP contribution in [0.4, 0.5) is 0 Å². The SMILES string of the molecule is COc1cc(CN2CCN(Cc3cccc(O)c3)C[C@@H]2CCO)cc(OC)c1. The zero-order valence-electron chi connectivity index (χ0n) is 16.7. The van der Waals surface area contributed by atoms with Gasteiger partial charge in [0.25, 0.3) is 0 Å². The summed E-state index contributed by atoms with van der Waals surface area (Å²) in [5.41, 5.74) is 2.24. The standard InChI is InChI=1S/C22H30N2O4/c1-27-21-11-18(12-22(13-21)28-2)15-24-8-7-23(16-19(24)6-9-25)14-17-4-3-5-20(26)10-17/h3-5,10-13,19,25-26H,6-9,14-16H2,1-2H3/t19-/m0/s1. The van der Waals surface area contributed by atoms with Gasteiger partial charge in [-0.15, -0.1) is 0 Å². The third kappa shape index (κ3) is 5.38. The quantitative estimate of drug-likeness (QED) is 0.727. The third-order valence-electron chi connectivity index (χ3n) is 5.26. The van der Waals surface area contributed by atoms with E-state index in [0.29, 0.717) is 5.75 Å². The molecule has 3 rings (SSSR count). The molecule has 2 aromatic carbocycles. The van der Waals surface area contributed by atoms with E-state index in [2.05, 4.69) is 9.80 Å². The molecule has 1 fully saturated rings. The number of piperazine rings is 1. The first-order valence-electron chi connectivity index (χ1n) is 9.68. The van der Waals surface area contributed by atoms with Crippen molar-refractivity contribution in [2.24, 2.45) is 0 Å². The number of hydrogen-bond donors (Lipinski definition) is 2. The largest absolute Gasteiger partial charge is 0.508 e. The number of hydrogen-bond acceptors (Lipinski definition) is 6. The van der Waals surface area contributed by atoms with Gasteiger partial charge in [0.1, 0.15) is 17.2 Å². The number of ether oxygens (including phenoxy) is 2. The molecule has 6 nitrogen and oxygen atoms in total. The van der Waals surface area contributed by atoms with Crippen LogP contribution in [0.5, 0.6) is 17.2 Å². The number of phenolic OH excluding ortho intramolecular Hbond substituents is 1. The van der Waals surface area contributed by atoms with Gasteiger partial charge in [-0.05, 0) is 41.8 Å². The first-order chi connectivity index (χ1) is 13.6. The molecule has 1 aliphatic rings. The van der Waals surface area contributed by atoms with E-state index in [-0.39, 0.29) is 12.6 Å². The summed E-state index contributed by atoms with van der Waals surface area (Å²) in [5.74, 6) is 1.88. The number of aliphatic hydroxyl groups is 1. The molecule has 0 amide bonds.